The van der Waals surface area contributed by atoms with Gasteiger partial charge in [0.05, 0.1) is 6.04 Å². The molecule has 0 N–H and O–H groups in total. The highest BCUT2D eigenvalue weighted by molar-refractivity contribution is 5.76. The van der Waals surface area contributed by atoms with E-state index >= 15 is 0 Å². The molecule has 1 saturated heterocycles. The lowest BCUT2D eigenvalue weighted by Crippen LogP contribution is -2.41. The first-order valence-corrected chi connectivity index (χ1v) is 9.10. The third-order valence-electron chi connectivity index (χ3n) is 4.98. The van der Waals surface area contributed by atoms with Crippen LogP contribution in [0.2, 0.25) is 0 Å². The summed E-state index contributed by atoms with van der Waals surface area (Å²) >= 11 is 0. The van der Waals surface area contributed by atoms with Crippen molar-refractivity contribution < 1.29 is 9.32 Å². The van der Waals surface area contributed by atoms with E-state index in [0.717, 1.165) is 49.7 Å². The van der Waals surface area contributed by atoms with Crippen LogP contribution in [0, 0.1) is 13.8 Å². The summed E-state index contributed by atoms with van der Waals surface area (Å²) in [6.07, 6.45) is 5.24. The Morgan fingerprint density at radius 1 is 1.24 bits per heavy atom. The standard InChI is InChI=1S/C17H24N6O2/c1-11-18-12(2)23(20-11)14-4-3-9-22(10-14)16(24)8-7-15-19-17(21-25-15)13-5-6-13/h13-14H,3-10H2,1-2H3/t14-/m1/s1. The summed E-state index contributed by atoms with van der Waals surface area (Å²) in [6.45, 7) is 5.36. The summed E-state index contributed by atoms with van der Waals surface area (Å²) in [4.78, 5) is 23.3. The maximum Gasteiger partial charge on any atom is 0.227 e. The summed E-state index contributed by atoms with van der Waals surface area (Å²) in [6, 6.07) is 0.212. The molecule has 1 atom stereocenters. The topological polar surface area (TPSA) is 89.9 Å². The Kier molecular flexibility index (Phi) is 4.27. The van der Waals surface area contributed by atoms with Crippen molar-refractivity contribution in [2.24, 2.45) is 0 Å². The zero-order chi connectivity index (χ0) is 17.4. The highest BCUT2D eigenvalue weighted by atomic mass is 16.5. The largest absolute Gasteiger partial charge is 0.341 e. The molecule has 3 heterocycles. The fourth-order valence-electron chi connectivity index (χ4n) is 3.51. The highest BCUT2D eigenvalue weighted by Crippen LogP contribution is 2.38. The zero-order valence-electron chi connectivity index (χ0n) is 14.8. The van der Waals surface area contributed by atoms with E-state index < -0.39 is 0 Å². The van der Waals surface area contributed by atoms with Gasteiger partial charge in [-0.05, 0) is 39.5 Å². The van der Waals surface area contributed by atoms with Crippen molar-refractivity contribution in [3.63, 3.8) is 0 Å². The second-order valence-electron chi connectivity index (χ2n) is 7.11. The Bertz CT molecular complexity index is 763. The van der Waals surface area contributed by atoms with Gasteiger partial charge >= 0.3 is 0 Å². The van der Waals surface area contributed by atoms with Crippen LogP contribution in [0.25, 0.3) is 0 Å². The van der Waals surface area contributed by atoms with E-state index in [1.54, 1.807) is 0 Å². The first-order valence-electron chi connectivity index (χ1n) is 9.10. The van der Waals surface area contributed by atoms with Crippen molar-refractivity contribution in [3.05, 3.63) is 23.4 Å². The quantitative estimate of drug-likeness (QED) is 0.823. The normalized spacial score (nSPS) is 20.9. The van der Waals surface area contributed by atoms with Crippen LogP contribution in [0.5, 0.6) is 0 Å². The van der Waals surface area contributed by atoms with Crippen LogP contribution in [-0.2, 0) is 11.2 Å². The van der Waals surface area contributed by atoms with E-state index in [4.69, 9.17) is 4.52 Å². The van der Waals surface area contributed by atoms with Gasteiger partial charge in [-0.3, -0.25) is 4.79 Å². The molecule has 8 nitrogen and oxygen atoms in total. The van der Waals surface area contributed by atoms with Gasteiger partial charge in [-0.1, -0.05) is 5.16 Å². The van der Waals surface area contributed by atoms with Crippen LogP contribution in [0.1, 0.15) is 67.4 Å². The molecule has 1 amide bonds. The number of carbonyl (C=O) groups excluding carboxylic acids is 1. The molecular weight excluding hydrogens is 320 g/mol. The molecule has 134 valence electrons. The van der Waals surface area contributed by atoms with Crippen molar-refractivity contribution in [2.75, 3.05) is 13.1 Å². The monoisotopic (exact) mass is 344 g/mol. The molecule has 0 bridgehead atoms. The van der Waals surface area contributed by atoms with Crippen molar-refractivity contribution in [2.45, 2.75) is 64.3 Å². The molecule has 0 radical (unpaired) electrons. The van der Waals surface area contributed by atoms with Crippen LogP contribution >= 0.6 is 0 Å². The van der Waals surface area contributed by atoms with Gasteiger partial charge in [0.25, 0.3) is 0 Å². The SMILES string of the molecule is Cc1nc(C)n([C@@H]2CCCN(C(=O)CCc3nc(C4CC4)no3)C2)n1. The Balaban J connectivity index is 1.33. The molecule has 0 aromatic carbocycles. The maximum atomic E-state index is 12.6. The van der Waals surface area contributed by atoms with Crippen LogP contribution in [0.3, 0.4) is 0 Å². The Morgan fingerprint density at radius 2 is 2.08 bits per heavy atom. The average molecular weight is 344 g/mol. The molecule has 1 aliphatic carbocycles. The van der Waals surface area contributed by atoms with Gasteiger partial charge in [-0.15, -0.1) is 0 Å². The van der Waals surface area contributed by atoms with Gasteiger partial charge in [0.2, 0.25) is 11.8 Å². The molecule has 25 heavy (non-hydrogen) atoms. The van der Waals surface area contributed by atoms with Gasteiger partial charge in [-0.2, -0.15) is 10.1 Å². The second-order valence-corrected chi connectivity index (χ2v) is 7.11. The van der Waals surface area contributed by atoms with Gasteiger partial charge in [0.15, 0.2) is 5.82 Å². The highest BCUT2D eigenvalue weighted by Gasteiger charge is 2.29. The molecule has 0 spiro atoms. The molecule has 0 unspecified atom stereocenters. The Morgan fingerprint density at radius 3 is 2.80 bits per heavy atom. The molecule has 1 aliphatic heterocycles. The smallest absolute Gasteiger partial charge is 0.227 e. The Hall–Kier alpha value is -2.25. The lowest BCUT2D eigenvalue weighted by molar-refractivity contribution is -0.133. The number of hydrogen-bond acceptors (Lipinski definition) is 6. The van der Waals surface area contributed by atoms with Gasteiger partial charge < -0.3 is 9.42 Å². The molecule has 1 saturated carbocycles. The van der Waals surface area contributed by atoms with Gasteiger partial charge in [-0.25, -0.2) is 9.67 Å². The minimum absolute atomic E-state index is 0.144. The number of hydrogen-bond donors (Lipinski definition) is 0. The number of aryl methyl sites for hydroxylation is 3. The van der Waals surface area contributed by atoms with E-state index in [1.807, 2.05) is 23.4 Å². The number of amides is 1. The third kappa shape index (κ3) is 3.57. The fraction of sp³-hybridized carbons (Fsp3) is 0.706. The summed E-state index contributed by atoms with van der Waals surface area (Å²) in [5.41, 5.74) is 0. The lowest BCUT2D eigenvalue weighted by Gasteiger charge is -2.33. The Labute approximate surface area is 146 Å². The predicted octanol–water partition coefficient (Wildman–Crippen LogP) is 1.95. The molecular formula is C17H24N6O2. The van der Waals surface area contributed by atoms with Gasteiger partial charge in [0, 0.05) is 31.8 Å². The summed E-state index contributed by atoms with van der Waals surface area (Å²) in [5, 5.41) is 8.48. The van der Waals surface area contributed by atoms with Crippen molar-refractivity contribution in [1.82, 2.24) is 29.8 Å². The number of nitrogens with zero attached hydrogens (tertiary/aromatic N) is 6. The zero-order valence-corrected chi connectivity index (χ0v) is 14.8. The average Bonchev–Trinajstić information content (AvgIpc) is 3.25. The molecule has 4 rings (SSSR count). The number of likely N-dealkylation sites (tertiary alicyclic amines) is 1. The predicted molar refractivity (Wildman–Crippen MR) is 88.9 cm³/mol. The first-order chi connectivity index (χ1) is 12.1. The summed E-state index contributed by atoms with van der Waals surface area (Å²) < 4.78 is 7.23. The van der Waals surface area contributed by atoms with Gasteiger partial charge in [0.1, 0.15) is 11.6 Å². The fourth-order valence-corrected chi connectivity index (χ4v) is 3.51. The van der Waals surface area contributed by atoms with E-state index in [0.29, 0.717) is 31.2 Å². The molecule has 2 aliphatic rings. The van der Waals surface area contributed by atoms with Crippen molar-refractivity contribution in [1.29, 1.82) is 0 Å². The third-order valence-corrected chi connectivity index (χ3v) is 4.98. The summed E-state index contributed by atoms with van der Waals surface area (Å²) in [7, 11) is 0. The lowest BCUT2D eigenvalue weighted by atomic mass is 10.1. The minimum Gasteiger partial charge on any atom is -0.341 e. The van der Waals surface area contributed by atoms with E-state index in [2.05, 4.69) is 20.2 Å². The molecule has 2 fully saturated rings. The minimum atomic E-state index is 0.144. The van der Waals surface area contributed by atoms with Crippen LogP contribution in [-0.4, -0.2) is 48.8 Å². The summed E-state index contributed by atoms with van der Waals surface area (Å²) in [5.74, 6) is 3.69. The first kappa shape index (κ1) is 16.2. The van der Waals surface area contributed by atoms with E-state index in [9.17, 15) is 4.79 Å². The van der Waals surface area contributed by atoms with Crippen LogP contribution in [0.15, 0.2) is 4.52 Å². The van der Waals surface area contributed by atoms with E-state index in [1.165, 1.54) is 0 Å². The molecule has 2 aromatic rings. The van der Waals surface area contributed by atoms with Crippen LogP contribution < -0.4 is 0 Å². The number of carbonyl (C=O) groups is 1. The molecule has 8 heteroatoms. The maximum absolute atomic E-state index is 12.6. The molecule has 2 aromatic heterocycles. The number of piperidine rings is 1. The van der Waals surface area contributed by atoms with Crippen molar-refractivity contribution in [3.8, 4) is 0 Å². The number of aromatic nitrogens is 5. The number of rotatable bonds is 5. The van der Waals surface area contributed by atoms with Crippen molar-refractivity contribution >= 4 is 5.91 Å². The second kappa shape index (κ2) is 6.57. The van der Waals surface area contributed by atoms with E-state index in [-0.39, 0.29) is 11.9 Å². The van der Waals surface area contributed by atoms with Crippen LogP contribution in [0.4, 0.5) is 0 Å².